The molecule has 2 rings (SSSR count). The minimum atomic E-state index is -0.182. The van der Waals surface area contributed by atoms with Crippen LogP contribution in [0.1, 0.15) is 16.2 Å². The van der Waals surface area contributed by atoms with Crippen LogP contribution in [0.5, 0.6) is 0 Å². The maximum atomic E-state index is 11.4. The Balaban J connectivity index is 1.91. The van der Waals surface area contributed by atoms with Crippen LogP contribution in [-0.4, -0.2) is 29.5 Å². The second-order valence-electron chi connectivity index (χ2n) is 3.67. The molecule has 0 spiro atoms. The number of nitrogens with zero attached hydrogens (tertiary/aromatic N) is 2. The molecule has 94 valence electrons. The van der Waals surface area contributed by atoms with E-state index in [1.807, 2.05) is 17.0 Å². The Morgan fingerprint density at radius 2 is 2.33 bits per heavy atom. The molecule has 0 aliphatic carbocycles. The number of aromatic nitrogens is 2. The Kier molecular flexibility index (Phi) is 4.25. The Morgan fingerprint density at radius 1 is 1.44 bits per heavy atom. The zero-order valence-corrected chi connectivity index (χ0v) is 10.8. The maximum Gasteiger partial charge on any atom is 0.269 e. The predicted octanol–water partition coefficient (Wildman–Crippen LogP) is 1.55. The number of nitrogens with one attached hydrogen (secondary N) is 2. The van der Waals surface area contributed by atoms with Crippen LogP contribution in [0, 0.1) is 0 Å². The van der Waals surface area contributed by atoms with Gasteiger partial charge in [-0.25, -0.2) is 4.98 Å². The van der Waals surface area contributed by atoms with Crippen LogP contribution in [0.25, 0.3) is 0 Å². The zero-order chi connectivity index (χ0) is 12.8. The summed E-state index contributed by atoms with van der Waals surface area (Å²) < 4.78 is 0. The molecule has 0 atom stereocenters. The topological polar surface area (TPSA) is 66.9 Å². The van der Waals surface area contributed by atoms with E-state index in [1.165, 1.54) is 0 Å². The summed E-state index contributed by atoms with van der Waals surface area (Å²) in [5, 5.41) is 7.83. The number of thiazole rings is 1. The normalized spacial score (nSPS) is 10.1. The van der Waals surface area contributed by atoms with Gasteiger partial charge in [0.15, 0.2) is 0 Å². The Labute approximate surface area is 109 Å². The van der Waals surface area contributed by atoms with Gasteiger partial charge < -0.3 is 10.6 Å². The number of hydrogen-bond acceptors (Lipinski definition) is 5. The van der Waals surface area contributed by atoms with E-state index >= 15 is 0 Å². The van der Waals surface area contributed by atoms with Crippen molar-refractivity contribution in [1.82, 2.24) is 15.3 Å². The molecule has 6 heteroatoms. The molecule has 18 heavy (non-hydrogen) atoms. The first-order valence-corrected chi connectivity index (χ1v) is 6.53. The summed E-state index contributed by atoms with van der Waals surface area (Å²) >= 11 is 1.59. The lowest BCUT2D eigenvalue weighted by Crippen LogP contribution is -2.19. The molecule has 2 N–H and O–H groups in total. The molecule has 1 amide bonds. The summed E-state index contributed by atoms with van der Waals surface area (Å²) in [5.74, 6) is -0.182. The van der Waals surface area contributed by atoms with E-state index in [1.54, 1.807) is 30.6 Å². The molecular formula is C12H14N4OS. The van der Waals surface area contributed by atoms with Crippen LogP contribution in [0.4, 0.5) is 5.69 Å². The summed E-state index contributed by atoms with van der Waals surface area (Å²) in [5.41, 5.74) is 4.20. The molecule has 2 aromatic rings. The van der Waals surface area contributed by atoms with Crippen LogP contribution in [0.2, 0.25) is 0 Å². The van der Waals surface area contributed by atoms with E-state index in [0.29, 0.717) is 5.69 Å². The molecule has 2 aromatic heterocycles. The lowest BCUT2D eigenvalue weighted by Gasteiger charge is -2.06. The monoisotopic (exact) mass is 262 g/mol. The van der Waals surface area contributed by atoms with Gasteiger partial charge in [0.2, 0.25) is 0 Å². The fourth-order valence-corrected chi connectivity index (χ4v) is 2.08. The van der Waals surface area contributed by atoms with Gasteiger partial charge in [-0.15, -0.1) is 11.3 Å². The molecule has 0 aromatic carbocycles. The highest BCUT2D eigenvalue weighted by Gasteiger charge is 2.05. The number of pyridine rings is 1. The molecule has 0 bridgehead atoms. The Morgan fingerprint density at radius 3 is 3.06 bits per heavy atom. The van der Waals surface area contributed by atoms with Crippen molar-refractivity contribution in [2.75, 3.05) is 18.9 Å². The van der Waals surface area contributed by atoms with E-state index in [2.05, 4.69) is 20.6 Å². The molecule has 5 nitrogen and oxygen atoms in total. The first kappa shape index (κ1) is 12.5. The highest BCUT2D eigenvalue weighted by molar-refractivity contribution is 7.07. The van der Waals surface area contributed by atoms with E-state index in [0.717, 1.165) is 24.3 Å². The van der Waals surface area contributed by atoms with Gasteiger partial charge in [0, 0.05) is 37.3 Å². The van der Waals surface area contributed by atoms with Crippen molar-refractivity contribution >= 4 is 22.9 Å². The van der Waals surface area contributed by atoms with Gasteiger partial charge in [-0.3, -0.25) is 9.78 Å². The van der Waals surface area contributed by atoms with Crippen molar-refractivity contribution in [1.29, 1.82) is 0 Å². The van der Waals surface area contributed by atoms with Gasteiger partial charge in [0.1, 0.15) is 5.69 Å². The number of anilines is 1. The highest BCUT2D eigenvalue weighted by atomic mass is 32.1. The van der Waals surface area contributed by atoms with Crippen LogP contribution < -0.4 is 10.6 Å². The van der Waals surface area contributed by atoms with Crippen LogP contribution >= 0.6 is 11.3 Å². The van der Waals surface area contributed by atoms with Crippen molar-refractivity contribution in [2.24, 2.45) is 0 Å². The smallest absolute Gasteiger partial charge is 0.269 e. The number of rotatable bonds is 5. The Hall–Kier alpha value is -1.95. The van der Waals surface area contributed by atoms with Gasteiger partial charge >= 0.3 is 0 Å². The fraction of sp³-hybridized carbons (Fsp3) is 0.250. The summed E-state index contributed by atoms with van der Waals surface area (Å²) in [6, 6.07) is 3.58. The van der Waals surface area contributed by atoms with Gasteiger partial charge in [-0.1, -0.05) is 0 Å². The predicted molar refractivity (Wildman–Crippen MR) is 71.9 cm³/mol. The van der Waals surface area contributed by atoms with Crippen molar-refractivity contribution < 1.29 is 4.79 Å². The summed E-state index contributed by atoms with van der Waals surface area (Å²) in [6.07, 6.45) is 2.48. The third-order valence-corrected chi connectivity index (χ3v) is 3.05. The zero-order valence-electron chi connectivity index (χ0n) is 10.0. The lowest BCUT2D eigenvalue weighted by molar-refractivity contribution is 0.0958. The van der Waals surface area contributed by atoms with Crippen LogP contribution in [0.3, 0.4) is 0 Å². The third kappa shape index (κ3) is 3.27. The van der Waals surface area contributed by atoms with Gasteiger partial charge in [0.05, 0.1) is 11.2 Å². The maximum absolute atomic E-state index is 11.4. The number of carbonyl (C=O) groups is 1. The van der Waals surface area contributed by atoms with Crippen molar-refractivity contribution in [2.45, 2.75) is 6.42 Å². The largest absolute Gasteiger partial charge is 0.385 e. The molecule has 0 aliphatic rings. The number of amides is 1. The standard InChI is InChI=1S/C12H14N4OS/c1-13-12(17)11-6-9(2-5-15-11)14-4-3-10-7-18-8-16-10/h2,5-8H,3-4H2,1H3,(H,13,17)(H,14,15). The second-order valence-corrected chi connectivity index (χ2v) is 4.38. The molecular weight excluding hydrogens is 248 g/mol. The lowest BCUT2D eigenvalue weighted by atomic mass is 10.3. The van der Waals surface area contributed by atoms with Crippen molar-refractivity contribution in [3.05, 3.63) is 40.6 Å². The Bertz CT molecular complexity index is 513. The second kappa shape index (κ2) is 6.11. The van der Waals surface area contributed by atoms with E-state index in [-0.39, 0.29) is 5.91 Å². The third-order valence-electron chi connectivity index (χ3n) is 2.41. The van der Waals surface area contributed by atoms with Gasteiger partial charge in [-0.2, -0.15) is 0 Å². The van der Waals surface area contributed by atoms with E-state index in [4.69, 9.17) is 0 Å². The molecule has 0 saturated heterocycles. The summed E-state index contributed by atoms with van der Waals surface area (Å²) in [7, 11) is 1.59. The molecule has 0 saturated carbocycles. The fourth-order valence-electron chi connectivity index (χ4n) is 1.49. The van der Waals surface area contributed by atoms with Gasteiger partial charge in [0.25, 0.3) is 5.91 Å². The van der Waals surface area contributed by atoms with Crippen LogP contribution in [0.15, 0.2) is 29.2 Å². The average Bonchev–Trinajstić information content (AvgIpc) is 2.91. The number of hydrogen-bond donors (Lipinski definition) is 2. The van der Waals surface area contributed by atoms with Gasteiger partial charge in [-0.05, 0) is 12.1 Å². The molecule has 0 radical (unpaired) electrons. The number of carbonyl (C=O) groups excluding carboxylic acids is 1. The minimum Gasteiger partial charge on any atom is -0.385 e. The van der Waals surface area contributed by atoms with E-state index in [9.17, 15) is 4.79 Å². The highest BCUT2D eigenvalue weighted by Crippen LogP contribution is 2.08. The van der Waals surface area contributed by atoms with E-state index < -0.39 is 0 Å². The minimum absolute atomic E-state index is 0.182. The quantitative estimate of drug-likeness (QED) is 0.858. The molecule has 0 fully saturated rings. The van der Waals surface area contributed by atoms with Crippen molar-refractivity contribution in [3.8, 4) is 0 Å². The van der Waals surface area contributed by atoms with Crippen LogP contribution in [-0.2, 0) is 6.42 Å². The molecule has 0 aliphatic heterocycles. The average molecular weight is 262 g/mol. The molecule has 0 unspecified atom stereocenters. The SMILES string of the molecule is CNC(=O)c1cc(NCCc2cscn2)ccn1. The van der Waals surface area contributed by atoms with Crippen molar-refractivity contribution in [3.63, 3.8) is 0 Å². The molecule has 2 heterocycles. The first-order valence-electron chi connectivity index (χ1n) is 5.58. The summed E-state index contributed by atoms with van der Waals surface area (Å²) in [4.78, 5) is 19.6. The summed E-state index contributed by atoms with van der Waals surface area (Å²) in [6.45, 7) is 0.779. The first-order chi connectivity index (χ1) is 8.79.